The number of hydrogen-bond acceptors (Lipinski definition) is 6. The van der Waals surface area contributed by atoms with E-state index in [0.717, 1.165) is 12.8 Å². The quantitative estimate of drug-likeness (QED) is 0.701. The topological polar surface area (TPSA) is 90.2 Å². The number of carbonyl (C=O) groups excluding carboxylic acids is 1. The highest BCUT2D eigenvalue weighted by Gasteiger charge is 2.27. The summed E-state index contributed by atoms with van der Waals surface area (Å²) in [7, 11) is 1.47. The number of para-hydroxylation sites is 1. The number of fused-ring (bicyclic) bond motifs is 1. The fourth-order valence-corrected chi connectivity index (χ4v) is 3.42. The lowest BCUT2D eigenvalue weighted by atomic mass is 10.0. The number of nitrogens with zero attached hydrogens (tertiary/aromatic N) is 5. The first-order valence-corrected chi connectivity index (χ1v) is 8.78. The van der Waals surface area contributed by atoms with Crippen molar-refractivity contribution in [3.8, 4) is 6.01 Å². The highest BCUT2D eigenvalue weighted by atomic mass is 16.5. The molecule has 0 N–H and O–H groups in total. The second-order valence-electron chi connectivity index (χ2n) is 6.48. The van der Waals surface area contributed by atoms with Crippen molar-refractivity contribution in [1.29, 1.82) is 0 Å². The average Bonchev–Trinajstić information content (AvgIpc) is 2.74. The SMILES string of the molecule is COc1ncc(C(=O)N2CCCC(n3cnc4ccccc4c3=O)C2)cn1. The molecule has 8 nitrogen and oxygen atoms in total. The number of likely N-dealkylation sites (tertiary alicyclic amines) is 1. The van der Waals surface area contributed by atoms with Crippen LogP contribution in [0.5, 0.6) is 6.01 Å². The summed E-state index contributed by atoms with van der Waals surface area (Å²) >= 11 is 0. The summed E-state index contributed by atoms with van der Waals surface area (Å²) in [5.74, 6) is -0.149. The van der Waals surface area contributed by atoms with Gasteiger partial charge in [-0.25, -0.2) is 15.0 Å². The Bertz CT molecular complexity index is 1030. The smallest absolute Gasteiger partial charge is 0.316 e. The molecule has 0 radical (unpaired) electrons. The van der Waals surface area contributed by atoms with Crippen molar-refractivity contribution in [3.05, 3.63) is 58.9 Å². The van der Waals surface area contributed by atoms with Gasteiger partial charge in [0.05, 0.1) is 35.9 Å². The van der Waals surface area contributed by atoms with E-state index in [2.05, 4.69) is 15.0 Å². The normalized spacial score (nSPS) is 17.1. The monoisotopic (exact) mass is 365 g/mol. The van der Waals surface area contributed by atoms with Crippen LogP contribution in [0.25, 0.3) is 10.9 Å². The number of ether oxygens (including phenoxy) is 1. The fraction of sp³-hybridized carbons (Fsp3) is 0.316. The molecule has 3 heterocycles. The van der Waals surface area contributed by atoms with Crippen molar-refractivity contribution < 1.29 is 9.53 Å². The van der Waals surface area contributed by atoms with Crippen LogP contribution < -0.4 is 10.3 Å². The van der Waals surface area contributed by atoms with Crippen LogP contribution in [0.15, 0.2) is 47.8 Å². The molecule has 0 spiro atoms. The molecule has 1 atom stereocenters. The van der Waals surface area contributed by atoms with Crippen LogP contribution in [0.1, 0.15) is 29.2 Å². The summed E-state index contributed by atoms with van der Waals surface area (Å²) in [6, 6.07) is 7.40. The summed E-state index contributed by atoms with van der Waals surface area (Å²) < 4.78 is 6.57. The summed E-state index contributed by atoms with van der Waals surface area (Å²) in [5, 5.41) is 0.590. The van der Waals surface area contributed by atoms with E-state index in [1.165, 1.54) is 19.5 Å². The van der Waals surface area contributed by atoms with Gasteiger partial charge in [-0.1, -0.05) is 12.1 Å². The minimum Gasteiger partial charge on any atom is -0.467 e. The number of amides is 1. The highest BCUT2D eigenvalue weighted by Crippen LogP contribution is 2.22. The van der Waals surface area contributed by atoms with Gasteiger partial charge in [0.1, 0.15) is 0 Å². The molecule has 1 aliphatic rings. The lowest BCUT2D eigenvalue weighted by Crippen LogP contribution is -2.43. The zero-order chi connectivity index (χ0) is 18.8. The molecule has 4 rings (SSSR count). The predicted octanol–water partition coefficient (Wildman–Crippen LogP) is 1.67. The lowest BCUT2D eigenvalue weighted by Gasteiger charge is -2.33. The van der Waals surface area contributed by atoms with Crippen LogP contribution in [0, 0.1) is 0 Å². The molecule has 138 valence electrons. The van der Waals surface area contributed by atoms with Gasteiger partial charge in [-0.2, -0.15) is 0 Å². The Morgan fingerprint density at radius 2 is 1.96 bits per heavy atom. The number of rotatable bonds is 3. The third-order valence-electron chi connectivity index (χ3n) is 4.82. The standard InChI is InChI=1S/C19H19N5O3/c1-27-19-20-9-13(10-21-19)17(25)23-8-4-5-14(11-23)24-12-22-16-7-3-2-6-15(16)18(24)26/h2-3,6-7,9-10,12,14H,4-5,8,11H2,1H3. The molecule has 1 aromatic carbocycles. The number of carbonyl (C=O) groups is 1. The molecule has 1 saturated heterocycles. The van der Waals surface area contributed by atoms with E-state index < -0.39 is 0 Å². The van der Waals surface area contributed by atoms with Gasteiger partial charge in [0.15, 0.2) is 0 Å². The van der Waals surface area contributed by atoms with Gasteiger partial charge < -0.3 is 9.64 Å². The van der Waals surface area contributed by atoms with E-state index in [1.54, 1.807) is 21.9 Å². The summed E-state index contributed by atoms with van der Waals surface area (Å²) in [6.45, 7) is 1.09. The largest absolute Gasteiger partial charge is 0.467 e. The van der Waals surface area contributed by atoms with Crippen LogP contribution >= 0.6 is 0 Å². The van der Waals surface area contributed by atoms with Crippen molar-refractivity contribution in [3.63, 3.8) is 0 Å². The first-order valence-electron chi connectivity index (χ1n) is 8.78. The third kappa shape index (κ3) is 3.25. The molecule has 0 aliphatic carbocycles. The Balaban J connectivity index is 1.58. The van der Waals surface area contributed by atoms with Gasteiger partial charge in [0.2, 0.25) is 0 Å². The maximum absolute atomic E-state index is 12.8. The van der Waals surface area contributed by atoms with Gasteiger partial charge in [0, 0.05) is 25.5 Å². The van der Waals surface area contributed by atoms with Crippen molar-refractivity contribution in [1.82, 2.24) is 24.4 Å². The molecule has 1 fully saturated rings. The first kappa shape index (κ1) is 17.1. The zero-order valence-corrected chi connectivity index (χ0v) is 14.9. The second kappa shape index (κ2) is 7.14. The molecule has 0 saturated carbocycles. The molecule has 1 unspecified atom stereocenters. The van der Waals surface area contributed by atoms with E-state index >= 15 is 0 Å². The molecular weight excluding hydrogens is 346 g/mol. The van der Waals surface area contributed by atoms with E-state index in [9.17, 15) is 9.59 Å². The van der Waals surface area contributed by atoms with Crippen LogP contribution in [-0.2, 0) is 0 Å². The Hall–Kier alpha value is -3.29. The number of methoxy groups -OCH3 is 1. The minimum atomic E-state index is -0.149. The lowest BCUT2D eigenvalue weighted by molar-refractivity contribution is 0.0676. The number of benzene rings is 1. The minimum absolute atomic E-state index is 0.0762. The molecule has 27 heavy (non-hydrogen) atoms. The molecule has 1 amide bonds. The van der Waals surface area contributed by atoms with E-state index in [0.29, 0.717) is 29.6 Å². The Kier molecular flexibility index (Phi) is 4.53. The van der Waals surface area contributed by atoms with Crippen molar-refractivity contribution in [2.24, 2.45) is 0 Å². The molecule has 1 aliphatic heterocycles. The summed E-state index contributed by atoms with van der Waals surface area (Å²) in [4.78, 5) is 39.7. The maximum Gasteiger partial charge on any atom is 0.316 e. The third-order valence-corrected chi connectivity index (χ3v) is 4.82. The average molecular weight is 365 g/mol. The maximum atomic E-state index is 12.8. The van der Waals surface area contributed by atoms with Gasteiger partial charge >= 0.3 is 6.01 Å². The number of hydrogen-bond donors (Lipinski definition) is 0. The molecule has 8 heteroatoms. The Labute approximate surface area is 155 Å². The molecule has 3 aromatic rings. The number of aromatic nitrogens is 4. The molecule has 2 aromatic heterocycles. The second-order valence-corrected chi connectivity index (χ2v) is 6.48. The van der Waals surface area contributed by atoms with Crippen molar-refractivity contribution in [2.75, 3.05) is 20.2 Å². The van der Waals surface area contributed by atoms with Crippen LogP contribution in [0.2, 0.25) is 0 Å². The highest BCUT2D eigenvalue weighted by molar-refractivity contribution is 5.93. The van der Waals surface area contributed by atoms with Crippen molar-refractivity contribution in [2.45, 2.75) is 18.9 Å². The van der Waals surface area contributed by atoms with Gasteiger partial charge in [-0.05, 0) is 25.0 Å². The van der Waals surface area contributed by atoms with Gasteiger partial charge in [-0.15, -0.1) is 0 Å². The van der Waals surface area contributed by atoms with E-state index in [1.807, 2.05) is 18.2 Å². The van der Waals surface area contributed by atoms with E-state index in [4.69, 9.17) is 4.74 Å². The van der Waals surface area contributed by atoms with Crippen LogP contribution in [0.3, 0.4) is 0 Å². The van der Waals surface area contributed by atoms with Crippen LogP contribution in [0.4, 0.5) is 0 Å². The van der Waals surface area contributed by atoms with E-state index in [-0.39, 0.29) is 23.5 Å². The van der Waals surface area contributed by atoms with Crippen LogP contribution in [-0.4, -0.2) is 50.5 Å². The Morgan fingerprint density at radius 1 is 1.19 bits per heavy atom. The first-order chi connectivity index (χ1) is 13.2. The van der Waals surface area contributed by atoms with Crippen molar-refractivity contribution >= 4 is 16.8 Å². The fourth-order valence-electron chi connectivity index (χ4n) is 3.42. The van der Waals surface area contributed by atoms with Gasteiger partial charge in [0.25, 0.3) is 11.5 Å². The summed E-state index contributed by atoms with van der Waals surface area (Å²) in [5.41, 5.74) is 1.01. The van der Waals surface area contributed by atoms with Gasteiger partial charge in [-0.3, -0.25) is 14.2 Å². The molecular formula is C19H19N5O3. The summed E-state index contributed by atoms with van der Waals surface area (Å²) in [6.07, 6.45) is 6.14. The zero-order valence-electron chi connectivity index (χ0n) is 14.9. The Morgan fingerprint density at radius 3 is 2.74 bits per heavy atom. The predicted molar refractivity (Wildman–Crippen MR) is 98.8 cm³/mol. The number of piperidine rings is 1. The molecule has 0 bridgehead atoms.